The number of carboxylic acid groups (broad SMARTS) is 1. The molecule has 0 radical (unpaired) electrons. The van der Waals surface area contributed by atoms with Crippen molar-refractivity contribution in [3.05, 3.63) is 35.9 Å². The van der Waals surface area contributed by atoms with Gasteiger partial charge in [0.1, 0.15) is 0 Å². The Balaban J connectivity index is 2.50. The average molecular weight is 256 g/mol. The summed E-state index contributed by atoms with van der Waals surface area (Å²) >= 11 is 0. The van der Waals surface area contributed by atoms with Crippen molar-refractivity contribution < 1.29 is 19.4 Å². The predicted molar refractivity (Wildman–Crippen MR) is 66.5 cm³/mol. The molecule has 0 saturated heterocycles. The number of hydrogen-bond donors (Lipinski definition) is 2. The monoisotopic (exact) mass is 256 g/mol. The SMILES string of the molecule is CC(CP(=O)(O)CCc1ccccc1)C(=O)O. The summed E-state index contributed by atoms with van der Waals surface area (Å²) in [5, 5.41) is 8.70. The number of aryl methyl sites for hydroxylation is 1. The first kappa shape index (κ1) is 13.9. The van der Waals surface area contributed by atoms with Crippen LogP contribution in [-0.2, 0) is 15.8 Å². The van der Waals surface area contributed by atoms with E-state index in [0.29, 0.717) is 6.42 Å². The van der Waals surface area contributed by atoms with Gasteiger partial charge >= 0.3 is 5.97 Å². The molecule has 2 atom stereocenters. The van der Waals surface area contributed by atoms with Crippen molar-refractivity contribution in [2.45, 2.75) is 13.3 Å². The van der Waals surface area contributed by atoms with Gasteiger partial charge in [-0.2, -0.15) is 0 Å². The lowest BCUT2D eigenvalue weighted by Gasteiger charge is -2.13. The van der Waals surface area contributed by atoms with Gasteiger partial charge in [0.15, 0.2) is 0 Å². The number of carboxylic acids is 1. The smallest absolute Gasteiger partial charge is 0.306 e. The average Bonchev–Trinajstić information content (AvgIpc) is 2.27. The Bertz CT molecular complexity index is 416. The quantitative estimate of drug-likeness (QED) is 0.765. The van der Waals surface area contributed by atoms with E-state index in [1.54, 1.807) is 0 Å². The van der Waals surface area contributed by atoms with Crippen molar-refractivity contribution in [3.8, 4) is 0 Å². The third-order valence-electron chi connectivity index (χ3n) is 2.57. The van der Waals surface area contributed by atoms with E-state index >= 15 is 0 Å². The van der Waals surface area contributed by atoms with Gasteiger partial charge in [-0.25, -0.2) is 0 Å². The van der Waals surface area contributed by atoms with Crippen molar-refractivity contribution in [2.24, 2.45) is 5.92 Å². The summed E-state index contributed by atoms with van der Waals surface area (Å²) in [6.07, 6.45) is 0.477. The Kier molecular flexibility index (Phi) is 4.91. The Morgan fingerprint density at radius 2 is 1.94 bits per heavy atom. The largest absolute Gasteiger partial charge is 0.481 e. The summed E-state index contributed by atoms with van der Waals surface area (Å²) in [4.78, 5) is 20.3. The first-order valence-electron chi connectivity index (χ1n) is 5.48. The highest BCUT2D eigenvalue weighted by atomic mass is 31.2. The molecule has 0 amide bonds. The lowest BCUT2D eigenvalue weighted by atomic mass is 10.2. The zero-order chi connectivity index (χ0) is 12.9. The molecule has 0 saturated carbocycles. The van der Waals surface area contributed by atoms with Crippen LogP contribution in [0.25, 0.3) is 0 Å². The van der Waals surface area contributed by atoms with Crippen LogP contribution in [0.5, 0.6) is 0 Å². The Morgan fingerprint density at radius 3 is 2.47 bits per heavy atom. The summed E-state index contributed by atoms with van der Waals surface area (Å²) in [5.41, 5.74) is 0.991. The van der Waals surface area contributed by atoms with Crippen LogP contribution in [0, 0.1) is 5.92 Å². The predicted octanol–water partition coefficient (Wildman–Crippen LogP) is 2.22. The second-order valence-electron chi connectivity index (χ2n) is 4.23. The minimum absolute atomic E-state index is 0.134. The highest BCUT2D eigenvalue weighted by Gasteiger charge is 2.25. The lowest BCUT2D eigenvalue weighted by Crippen LogP contribution is -2.15. The molecule has 0 spiro atoms. The van der Waals surface area contributed by atoms with Gasteiger partial charge in [0.25, 0.3) is 0 Å². The minimum Gasteiger partial charge on any atom is -0.481 e. The number of rotatable bonds is 6. The van der Waals surface area contributed by atoms with E-state index in [1.165, 1.54) is 6.92 Å². The van der Waals surface area contributed by atoms with Gasteiger partial charge in [-0.05, 0) is 12.0 Å². The van der Waals surface area contributed by atoms with Gasteiger partial charge in [0.05, 0.1) is 5.92 Å². The van der Waals surface area contributed by atoms with Crippen molar-refractivity contribution in [3.63, 3.8) is 0 Å². The molecule has 1 aromatic carbocycles. The van der Waals surface area contributed by atoms with Crippen LogP contribution in [0.3, 0.4) is 0 Å². The van der Waals surface area contributed by atoms with E-state index in [0.717, 1.165) is 5.56 Å². The molecule has 0 aliphatic carbocycles. The summed E-state index contributed by atoms with van der Waals surface area (Å²) in [5.74, 6) is -1.81. The van der Waals surface area contributed by atoms with Crippen LogP contribution in [0.4, 0.5) is 0 Å². The van der Waals surface area contributed by atoms with Gasteiger partial charge < -0.3 is 10.00 Å². The second kappa shape index (κ2) is 5.99. The van der Waals surface area contributed by atoms with Crippen LogP contribution in [-0.4, -0.2) is 28.3 Å². The van der Waals surface area contributed by atoms with Crippen molar-refractivity contribution in [1.82, 2.24) is 0 Å². The number of hydrogen-bond acceptors (Lipinski definition) is 2. The third-order valence-corrected chi connectivity index (χ3v) is 4.61. The van der Waals surface area contributed by atoms with Crippen LogP contribution in [0.1, 0.15) is 12.5 Å². The van der Waals surface area contributed by atoms with Crippen molar-refractivity contribution >= 4 is 13.3 Å². The summed E-state index contributed by atoms with van der Waals surface area (Å²) in [6, 6.07) is 9.41. The van der Waals surface area contributed by atoms with Crippen LogP contribution in [0.15, 0.2) is 30.3 Å². The van der Waals surface area contributed by atoms with Crippen LogP contribution >= 0.6 is 7.37 Å². The molecule has 1 rings (SSSR count). The molecule has 0 aliphatic heterocycles. The van der Waals surface area contributed by atoms with Gasteiger partial charge in [-0.1, -0.05) is 37.3 Å². The third kappa shape index (κ3) is 5.16. The Hall–Kier alpha value is -1.12. The molecule has 5 heteroatoms. The van der Waals surface area contributed by atoms with Gasteiger partial charge in [0, 0.05) is 12.3 Å². The molecule has 0 aromatic heterocycles. The molecule has 2 N–H and O–H groups in total. The molecule has 17 heavy (non-hydrogen) atoms. The van der Waals surface area contributed by atoms with E-state index in [4.69, 9.17) is 5.11 Å². The molecule has 94 valence electrons. The highest BCUT2D eigenvalue weighted by Crippen LogP contribution is 2.42. The van der Waals surface area contributed by atoms with E-state index in [2.05, 4.69) is 0 Å². The zero-order valence-corrected chi connectivity index (χ0v) is 10.6. The fraction of sp³-hybridized carbons (Fsp3) is 0.417. The van der Waals surface area contributed by atoms with Crippen molar-refractivity contribution in [1.29, 1.82) is 0 Å². The van der Waals surface area contributed by atoms with E-state index in [1.807, 2.05) is 30.3 Å². The van der Waals surface area contributed by atoms with E-state index < -0.39 is 19.3 Å². The molecule has 0 heterocycles. The molecular formula is C12H17O4P. The molecule has 2 unspecified atom stereocenters. The minimum atomic E-state index is -3.35. The van der Waals surface area contributed by atoms with E-state index in [-0.39, 0.29) is 12.3 Å². The second-order valence-corrected chi connectivity index (χ2v) is 6.73. The maximum Gasteiger partial charge on any atom is 0.306 e. The molecule has 0 fully saturated rings. The Morgan fingerprint density at radius 1 is 1.35 bits per heavy atom. The van der Waals surface area contributed by atoms with Crippen molar-refractivity contribution in [2.75, 3.05) is 12.3 Å². The summed E-state index contributed by atoms with van der Waals surface area (Å²) in [6.45, 7) is 1.45. The fourth-order valence-corrected chi connectivity index (χ4v) is 3.35. The van der Waals surface area contributed by atoms with Crippen LogP contribution < -0.4 is 0 Å². The lowest BCUT2D eigenvalue weighted by molar-refractivity contribution is -0.140. The zero-order valence-electron chi connectivity index (χ0n) is 9.74. The first-order valence-corrected chi connectivity index (χ1v) is 7.51. The van der Waals surface area contributed by atoms with Gasteiger partial charge in [-0.3, -0.25) is 9.36 Å². The first-order chi connectivity index (χ1) is 7.91. The Labute approximate surface area is 101 Å². The number of aliphatic carboxylic acids is 1. The summed E-state index contributed by atoms with van der Waals surface area (Å²) in [7, 11) is -3.35. The number of carbonyl (C=O) groups is 1. The normalized spacial score (nSPS) is 16.1. The highest BCUT2D eigenvalue weighted by molar-refractivity contribution is 7.58. The molecule has 4 nitrogen and oxygen atoms in total. The number of benzene rings is 1. The van der Waals surface area contributed by atoms with E-state index in [9.17, 15) is 14.3 Å². The summed E-state index contributed by atoms with van der Waals surface area (Å²) < 4.78 is 11.8. The molecular weight excluding hydrogens is 239 g/mol. The maximum absolute atomic E-state index is 11.8. The van der Waals surface area contributed by atoms with Gasteiger partial charge in [-0.15, -0.1) is 0 Å². The van der Waals surface area contributed by atoms with Gasteiger partial charge in [0.2, 0.25) is 7.37 Å². The molecule has 0 bridgehead atoms. The molecule has 1 aromatic rings. The van der Waals surface area contributed by atoms with Crippen LogP contribution in [0.2, 0.25) is 0 Å². The standard InChI is InChI=1S/C12H17O4P/c1-10(12(13)14)9-17(15,16)8-7-11-5-3-2-4-6-11/h2-6,10H,7-9H2,1H3,(H,13,14)(H,15,16). The topological polar surface area (TPSA) is 74.6 Å². The fourth-order valence-electron chi connectivity index (χ4n) is 1.55. The maximum atomic E-state index is 11.8. The molecule has 0 aliphatic rings.